The van der Waals surface area contributed by atoms with E-state index in [4.69, 9.17) is 5.73 Å². The number of nitrogens with two attached hydrogens (primary N) is 1. The summed E-state index contributed by atoms with van der Waals surface area (Å²) >= 11 is 3.64. The summed E-state index contributed by atoms with van der Waals surface area (Å²) in [5.74, 6) is 1.66. The van der Waals surface area contributed by atoms with Gasteiger partial charge in [-0.3, -0.25) is 0 Å². The van der Waals surface area contributed by atoms with Crippen LogP contribution in [0.2, 0.25) is 0 Å². The van der Waals surface area contributed by atoms with Crippen molar-refractivity contribution >= 4 is 21.6 Å². The third kappa shape index (κ3) is 1.97. The number of hydrogen-bond donors (Lipinski definition) is 2. The third-order valence-electron chi connectivity index (χ3n) is 4.85. The van der Waals surface area contributed by atoms with Gasteiger partial charge in [0.25, 0.3) is 0 Å². The van der Waals surface area contributed by atoms with E-state index in [0.717, 1.165) is 22.9 Å². The third-order valence-corrected chi connectivity index (χ3v) is 5.54. The summed E-state index contributed by atoms with van der Waals surface area (Å²) in [5.41, 5.74) is 8.74. The SMILES string of the molecule is Cc1ccc(Br)c(NC2(CN)CC3CCC2C3)c1. The molecule has 0 aliphatic heterocycles. The average Bonchev–Trinajstić information content (AvgIpc) is 2.94. The maximum absolute atomic E-state index is 6.11. The zero-order chi connectivity index (χ0) is 12.8. The molecule has 3 rings (SSSR count). The normalized spacial score (nSPS) is 33.9. The van der Waals surface area contributed by atoms with Gasteiger partial charge < -0.3 is 11.1 Å². The summed E-state index contributed by atoms with van der Waals surface area (Å²) < 4.78 is 1.14. The predicted molar refractivity (Wildman–Crippen MR) is 79.7 cm³/mol. The van der Waals surface area contributed by atoms with Crippen LogP contribution in [-0.2, 0) is 0 Å². The van der Waals surface area contributed by atoms with E-state index in [2.05, 4.69) is 46.4 Å². The second-order valence-electron chi connectivity index (χ2n) is 6.05. The lowest BCUT2D eigenvalue weighted by atomic mass is 9.80. The highest BCUT2D eigenvalue weighted by Gasteiger charge is 2.50. The zero-order valence-corrected chi connectivity index (χ0v) is 12.5. The van der Waals surface area contributed by atoms with E-state index in [-0.39, 0.29) is 5.54 Å². The van der Waals surface area contributed by atoms with E-state index < -0.39 is 0 Å². The molecule has 3 atom stereocenters. The number of hydrogen-bond acceptors (Lipinski definition) is 2. The van der Waals surface area contributed by atoms with Gasteiger partial charge in [0.2, 0.25) is 0 Å². The molecule has 3 heteroatoms. The maximum Gasteiger partial charge on any atom is 0.0526 e. The number of anilines is 1. The Morgan fingerprint density at radius 3 is 2.89 bits per heavy atom. The molecule has 2 fully saturated rings. The second kappa shape index (κ2) is 4.53. The highest BCUT2D eigenvalue weighted by atomic mass is 79.9. The Morgan fingerprint density at radius 2 is 2.28 bits per heavy atom. The van der Waals surface area contributed by atoms with Gasteiger partial charge in [0.15, 0.2) is 0 Å². The van der Waals surface area contributed by atoms with Crippen LogP contribution in [0, 0.1) is 18.8 Å². The fraction of sp³-hybridized carbons (Fsp3) is 0.600. The summed E-state index contributed by atoms with van der Waals surface area (Å²) in [7, 11) is 0. The van der Waals surface area contributed by atoms with Crippen LogP contribution in [-0.4, -0.2) is 12.1 Å². The van der Waals surface area contributed by atoms with E-state index in [1.165, 1.54) is 36.9 Å². The van der Waals surface area contributed by atoms with Gasteiger partial charge in [0.1, 0.15) is 0 Å². The molecule has 3 N–H and O–H groups in total. The largest absolute Gasteiger partial charge is 0.377 e. The molecule has 1 aromatic rings. The topological polar surface area (TPSA) is 38.0 Å². The molecular formula is C15H21BrN2. The van der Waals surface area contributed by atoms with Crippen LogP contribution < -0.4 is 11.1 Å². The maximum atomic E-state index is 6.11. The summed E-state index contributed by atoms with van der Waals surface area (Å²) in [6.45, 7) is 2.88. The van der Waals surface area contributed by atoms with Gasteiger partial charge in [-0.1, -0.05) is 6.07 Å². The Morgan fingerprint density at radius 1 is 1.44 bits per heavy atom. The van der Waals surface area contributed by atoms with Crippen molar-refractivity contribution in [2.45, 2.75) is 38.1 Å². The Hall–Kier alpha value is -0.540. The Kier molecular flexibility index (Phi) is 3.15. The second-order valence-corrected chi connectivity index (χ2v) is 6.90. The van der Waals surface area contributed by atoms with Gasteiger partial charge in [0, 0.05) is 16.7 Å². The number of nitrogens with one attached hydrogen (secondary N) is 1. The monoisotopic (exact) mass is 308 g/mol. The smallest absolute Gasteiger partial charge is 0.0526 e. The molecule has 0 aromatic heterocycles. The number of aryl methyl sites for hydroxylation is 1. The lowest BCUT2D eigenvalue weighted by molar-refractivity contribution is 0.306. The van der Waals surface area contributed by atoms with Gasteiger partial charge in [-0.2, -0.15) is 0 Å². The lowest BCUT2D eigenvalue weighted by Crippen LogP contribution is -2.49. The predicted octanol–water partition coefficient (Wildman–Crippen LogP) is 3.69. The van der Waals surface area contributed by atoms with Crippen LogP contribution >= 0.6 is 15.9 Å². The van der Waals surface area contributed by atoms with Gasteiger partial charge in [0.05, 0.1) is 5.54 Å². The van der Waals surface area contributed by atoms with Crippen LogP contribution in [0.3, 0.4) is 0 Å². The molecule has 0 spiro atoms. The van der Waals surface area contributed by atoms with Gasteiger partial charge >= 0.3 is 0 Å². The van der Waals surface area contributed by atoms with Crippen molar-refractivity contribution in [3.63, 3.8) is 0 Å². The first-order chi connectivity index (χ1) is 8.63. The molecule has 18 heavy (non-hydrogen) atoms. The minimum absolute atomic E-state index is 0.138. The first-order valence-corrected chi connectivity index (χ1v) is 7.67. The molecule has 2 saturated carbocycles. The number of rotatable bonds is 3. The first-order valence-electron chi connectivity index (χ1n) is 6.87. The molecule has 3 unspecified atom stereocenters. The van der Waals surface area contributed by atoms with E-state index in [1.54, 1.807) is 0 Å². The molecule has 0 heterocycles. The van der Waals surface area contributed by atoms with Gasteiger partial charge in [-0.05, 0) is 78.1 Å². The first kappa shape index (κ1) is 12.5. The number of halogens is 1. The van der Waals surface area contributed by atoms with Gasteiger partial charge in [-0.15, -0.1) is 0 Å². The van der Waals surface area contributed by atoms with Crippen LogP contribution in [0.4, 0.5) is 5.69 Å². The Bertz CT molecular complexity index is 460. The van der Waals surface area contributed by atoms with Crippen molar-refractivity contribution in [2.75, 3.05) is 11.9 Å². The summed E-state index contributed by atoms with van der Waals surface area (Å²) in [4.78, 5) is 0. The van der Waals surface area contributed by atoms with E-state index in [1.807, 2.05) is 0 Å². The Labute approximate surface area is 117 Å². The van der Waals surface area contributed by atoms with Crippen molar-refractivity contribution in [3.8, 4) is 0 Å². The minimum Gasteiger partial charge on any atom is -0.377 e. The van der Waals surface area contributed by atoms with E-state index >= 15 is 0 Å². The van der Waals surface area contributed by atoms with Crippen molar-refractivity contribution in [3.05, 3.63) is 28.2 Å². The fourth-order valence-corrected chi connectivity index (χ4v) is 4.25. The Balaban J connectivity index is 1.88. The summed E-state index contributed by atoms with van der Waals surface area (Å²) in [5, 5.41) is 3.77. The quantitative estimate of drug-likeness (QED) is 0.894. The highest BCUT2D eigenvalue weighted by molar-refractivity contribution is 9.10. The van der Waals surface area contributed by atoms with Crippen LogP contribution in [0.5, 0.6) is 0 Å². The van der Waals surface area contributed by atoms with Crippen molar-refractivity contribution in [2.24, 2.45) is 17.6 Å². The summed E-state index contributed by atoms with van der Waals surface area (Å²) in [6.07, 6.45) is 5.36. The molecule has 2 aliphatic carbocycles. The van der Waals surface area contributed by atoms with Gasteiger partial charge in [-0.25, -0.2) is 0 Å². The van der Waals surface area contributed by atoms with Crippen molar-refractivity contribution in [1.29, 1.82) is 0 Å². The average molecular weight is 309 g/mol. The molecule has 2 nitrogen and oxygen atoms in total. The van der Waals surface area contributed by atoms with E-state index in [9.17, 15) is 0 Å². The van der Waals surface area contributed by atoms with E-state index in [0.29, 0.717) is 0 Å². The summed E-state index contributed by atoms with van der Waals surface area (Å²) in [6, 6.07) is 6.47. The molecule has 0 radical (unpaired) electrons. The molecule has 98 valence electrons. The van der Waals surface area contributed by atoms with Crippen molar-refractivity contribution < 1.29 is 0 Å². The zero-order valence-electron chi connectivity index (χ0n) is 10.9. The number of benzene rings is 1. The highest BCUT2D eigenvalue weighted by Crippen LogP contribution is 2.52. The minimum atomic E-state index is 0.138. The van der Waals surface area contributed by atoms with Crippen LogP contribution in [0.15, 0.2) is 22.7 Å². The molecule has 0 amide bonds. The van der Waals surface area contributed by atoms with Crippen LogP contribution in [0.25, 0.3) is 0 Å². The van der Waals surface area contributed by atoms with Crippen LogP contribution in [0.1, 0.15) is 31.2 Å². The van der Waals surface area contributed by atoms with Crippen molar-refractivity contribution in [1.82, 2.24) is 0 Å². The molecular weight excluding hydrogens is 288 g/mol. The molecule has 2 aliphatic rings. The standard InChI is InChI=1S/C15H21BrN2/c1-10-2-5-13(16)14(6-10)18-15(9-17)8-11-3-4-12(15)7-11/h2,5-6,11-12,18H,3-4,7-9,17H2,1H3. The molecule has 2 bridgehead atoms. The molecule has 0 saturated heterocycles. The fourth-order valence-electron chi connectivity index (χ4n) is 3.90. The molecule has 1 aromatic carbocycles. The lowest BCUT2D eigenvalue weighted by Gasteiger charge is -2.39. The number of fused-ring (bicyclic) bond motifs is 2.